The molecule has 0 spiro atoms. The van der Waals surface area contributed by atoms with Gasteiger partial charge in [-0.1, -0.05) is 123 Å². The topological polar surface area (TPSA) is 33.1 Å². The Morgan fingerprint density at radius 1 is 1.02 bits per heavy atom. The van der Waals surface area contributed by atoms with Gasteiger partial charge >= 0.3 is 0 Å². The summed E-state index contributed by atoms with van der Waals surface area (Å²) in [7, 11) is 0. The summed E-state index contributed by atoms with van der Waals surface area (Å²) in [6.07, 6.45) is 20.5. The molecule has 4 heteroatoms. The Morgan fingerprint density at radius 3 is 2.37 bits per heavy atom. The molecule has 0 saturated carbocycles. The molecule has 0 unspecified atom stereocenters. The fraction of sp³-hybridized carbons (Fsp3) is 0.595. The third-order valence-corrected chi connectivity index (χ3v) is 8.44. The number of hydrogen-bond acceptors (Lipinski definition) is 3. The van der Waals surface area contributed by atoms with Gasteiger partial charge in [-0.2, -0.15) is 0 Å². The minimum atomic E-state index is 0. The molecule has 0 atom stereocenters. The molecule has 4 rings (SSSR count). The first kappa shape index (κ1) is 34.5. The van der Waals surface area contributed by atoms with Gasteiger partial charge in [0.2, 0.25) is 0 Å². The molecule has 0 bridgehead atoms. The van der Waals surface area contributed by atoms with E-state index in [1.807, 2.05) is 0 Å². The minimum absolute atomic E-state index is 0. The predicted molar refractivity (Wildman–Crippen MR) is 182 cm³/mol. The Morgan fingerprint density at radius 2 is 1.73 bits per heavy atom. The molecular formula is C37H60N4. The van der Waals surface area contributed by atoms with Crippen molar-refractivity contribution in [1.29, 1.82) is 0 Å². The lowest BCUT2D eigenvalue weighted by molar-refractivity contribution is 0.270. The lowest BCUT2D eigenvalue weighted by atomic mass is 9.93. The molecule has 0 radical (unpaired) electrons. The largest absolute Gasteiger partial charge is 0.389 e. The first-order valence-corrected chi connectivity index (χ1v) is 16.1. The number of fused-ring (bicyclic) bond motifs is 1. The van der Waals surface area contributed by atoms with Gasteiger partial charge in [0.1, 0.15) is 0 Å². The Labute approximate surface area is 252 Å². The third-order valence-electron chi connectivity index (χ3n) is 8.44. The quantitative estimate of drug-likeness (QED) is 0.233. The monoisotopic (exact) mass is 560 g/mol. The van der Waals surface area contributed by atoms with Crippen molar-refractivity contribution in [2.24, 2.45) is 11.8 Å². The van der Waals surface area contributed by atoms with Crippen LogP contribution in [-0.4, -0.2) is 34.1 Å². The van der Waals surface area contributed by atoms with Gasteiger partial charge in [0.25, 0.3) is 0 Å². The Balaban J connectivity index is 0.000000574. The fourth-order valence-corrected chi connectivity index (χ4v) is 5.98. The Kier molecular flexibility index (Phi) is 15.7. The number of aromatic nitrogens is 2. The maximum Gasteiger partial charge on any atom is 0.157 e. The van der Waals surface area contributed by atoms with Crippen molar-refractivity contribution in [1.82, 2.24) is 19.8 Å². The van der Waals surface area contributed by atoms with E-state index in [0.29, 0.717) is 5.92 Å². The first-order chi connectivity index (χ1) is 19.5. The Hall–Kier alpha value is -2.75. The predicted octanol–water partition coefficient (Wildman–Crippen LogP) is 10.1. The molecule has 1 fully saturated rings. The zero-order valence-electron chi connectivity index (χ0n) is 26.1. The molecule has 228 valence electrons. The third kappa shape index (κ3) is 10.5. The highest BCUT2D eigenvalue weighted by atomic mass is 15.2. The highest BCUT2D eigenvalue weighted by Crippen LogP contribution is 2.30. The van der Waals surface area contributed by atoms with Crippen LogP contribution >= 0.6 is 0 Å². The number of likely N-dealkylation sites (tertiary alicyclic amines) is 1. The molecule has 2 heterocycles. The zero-order valence-corrected chi connectivity index (χ0v) is 26.1. The van der Waals surface area contributed by atoms with Crippen LogP contribution in [0.3, 0.4) is 0 Å². The Bertz CT molecular complexity index is 1110. The van der Waals surface area contributed by atoms with Crippen LogP contribution in [0.4, 0.5) is 0 Å². The van der Waals surface area contributed by atoms with Crippen molar-refractivity contribution in [3.05, 3.63) is 72.7 Å². The van der Waals surface area contributed by atoms with Gasteiger partial charge in [0, 0.05) is 37.8 Å². The maximum atomic E-state index is 5.01. The van der Waals surface area contributed by atoms with Crippen LogP contribution in [0.2, 0.25) is 0 Å². The van der Waals surface area contributed by atoms with Gasteiger partial charge < -0.3 is 14.8 Å². The second-order valence-electron chi connectivity index (χ2n) is 11.9. The lowest BCUT2D eigenvalue weighted by Crippen LogP contribution is -2.35. The van der Waals surface area contributed by atoms with E-state index in [1.54, 1.807) is 0 Å². The van der Waals surface area contributed by atoms with Crippen molar-refractivity contribution in [2.45, 2.75) is 112 Å². The second kappa shape index (κ2) is 18.6. The van der Waals surface area contributed by atoms with E-state index >= 15 is 0 Å². The van der Waals surface area contributed by atoms with Crippen LogP contribution in [0.1, 0.15) is 112 Å². The molecule has 1 aliphatic carbocycles. The van der Waals surface area contributed by atoms with Crippen LogP contribution < -0.4 is 5.32 Å². The van der Waals surface area contributed by atoms with Gasteiger partial charge in [-0.25, -0.2) is 4.98 Å². The highest BCUT2D eigenvalue weighted by molar-refractivity contribution is 5.79. The van der Waals surface area contributed by atoms with Gasteiger partial charge in [-0.15, -0.1) is 0 Å². The highest BCUT2D eigenvalue weighted by Gasteiger charge is 2.25. The van der Waals surface area contributed by atoms with Gasteiger partial charge in [0.05, 0.1) is 16.7 Å². The number of benzene rings is 1. The normalized spacial score (nSPS) is 15.2. The van der Waals surface area contributed by atoms with Crippen molar-refractivity contribution >= 4 is 16.7 Å². The van der Waals surface area contributed by atoms with Crippen molar-refractivity contribution in [3.63, 3.8) is 0 Å². The molecule has 2 aliphatic rings. The van der Waals surface area contributed by atoms with Crippen LogP contribution in [0.5, 0.6) is 0 Å². The number of nitrogens with one attached hydrogen (secondary N) is 1. The molecule has 1 N–H and O–H groups in total. The van der Waals surface area contributed by atoms with Crippen LogP contribution in [-0.2, 0) is 6.54 Å². The van der Waals surface area contributed by atoms with Crippen molar-refractivity contribution in [2.75, 3.05) is 19.6 Å². The summed E-state index contributed by atoms with van der Waals surface area (Å²) in [5.41, 5.74) is 5.96. The SMILES string of the molecule is C.C=C(NCCCCC)C1CCN(C(=C)c2nc3ccccc3n2CC2=CC=CCC2)CC1.CCCC(C)CCC. The molecule has 2 aromatic rings. The molecular weight excluding hydrogens is 500 g/mol. The summed E-state index contributed by atoms with van der Waals surface area (Å²) in [6.45, 7) is 21.9. The summed E-state index contributed by atoms with van der Waals surface area (Å²) in [4.78, 5) is 7.44. The summed E-state index contributed by atoms with van der Waals surface area (Å²) >= 11 is 0. The number of allylic oxidation sites excluding steroid dienone is 5. The molecule has 41 heavy (non-hydrogen) atoms. The number of piperidine rings is 1. The number of rotatable bonds is 14. The smallest absolute Gasteiger partial charge is 0.157 e. The van der Waals surface area contributed by atoms with E-state index in [1.165, 1.54) is 61.7 Å². The lowest BCUT2D eigenvalue weighted by Gasteiger charge is -2.35. The van der Waals surface area contributed by atoms with E-state index in [-0.39, 0.29) is 7.43 Å². The maximum absolute atomic E-state index is 5.01. The summed E-state index contributed by atoms with van der Waals surface area (Å²) in [5.74, 6) is 2.53. The number of nitrogens with zero attached hydrogens (tertiary/aromatic N) is 3. The van der Waals surface area contributed by atoms with Gasteiger partial charge in [-0.3, -0.25) is 0 Å². The summed E-state index contributed by atoms with van der Waals surface area (Å²) in [6, 6.07) is 8.46. The molecule has 1 saturated heterocycles. The van der Waals surface area contributed by atoms with Gasteiger partial charge in [0.15, 0.2) is 5.82 Å². The summed E-state index contributed by atoms with van der Waals surface area (Å²) < 4.78 is 2.36. The fourth-order valence-electron chi connectivity index (χ4n) is 5.98. The first-order valence-electron chi connectivity index (χ1n) is 16.1. The zero-order chi connectivity index (χ0) is 28.7. The van der Waals surface area contributed by atoms with Crippen LogP contribution in [0, 0.1) is 11.8 Å². The van der Waals surface area contributed by atoms with E-state index < -0.39 is 0 Å². The summed E-state index contributed by atoms with van der Waals surface area (Å²) in [5, 5.41) is 3.57. The number of imidazole rings is 1. The van der Waals surface area contributed by atoms with Gasteiger partial charge in [-0.05, 0) is 50.2 Å². The number of para-hydroxylation sites is 2. The van der Waals surface area contributed by atoms with Crippen molar-refractivity contribution in [3.8, 4) is 0 Å². The standard InChI is InChI=1S/C28H38N4.C8H18.CH4/c1-4-5-11-18-29-22(2)25-16-19-31(20-17-25)23(3)28-30-26-14-9-10-15-27(26)32(28)21-24-12-7-6-8-13-24;1-4-6-8(3)7-5-2;/h6-7,9-10,12,14-15,25,29H,2-5,8,11,13,16-21H2,1H3;8H,4-7H2,1-3H3;1H4. The van der Waals surface area contributed by atoms with Crippen molar-refractivity contribution < 1.29 is 0 Å². The van der Waals surface area contributed by atoms with E-state index in [9.17, 15) is 0 Å². The average Bonchev–Trinajstić information content (AvgIpc) is 3.34. The number of unbranched alkanes of at least 4 members (excludes halogenated alkanes) is 2. The molecule has 1 aromatic carbocycles. The average molecular weight is 561 g/mol. The van der Waals surface area contributed by atoms with Crippen LogP contribution in [0.25, 0.3) is 16.7 Å². The van der Waals surface area contributed by atoms with E-state index in [2.05, 4.69) is 98.1 Å². The second-order valence-corrected chi connectivity index (χ2v) is 11.9. The number of hydrogen-bond donors (Lipinski definition) is 1. The van der Waals surface area contributed by atoms with E-state index in [0.717, 1.165) is 74.8 Å². The van der Waals surface area contributed by atoms with Crippen LogP contribution in [0.15, 0.2) is 66.9 Å². The molecule has 0 amide bonds. The molecule has 4 nitrogen and oxygen atoms in total. The molecule has 1 aromatic heterocycles. The molecule has 1 aliphatic heterocycles. The van der Waals surface area contributed by atoms with E-state index in [4.69, 9.17) is 4.98 Å². The minimum Gasteiger partial charge on any atom is -0.389 e.